The molecule has 0 saturated heterocycles. The van der Waals surface area contributed by atoms with E-state index in [4.69, 9.17) is 12.2 Å². The summed E-state index contributed by atoms with van der Waals surface area (Å²) in [5, 5.41) is 3.90. The summed E-state index contributed by atoms with van der Waals surface area (Å²) in [6.45, 7) is 2.51. The molecule has 3 N–H and O–H groups in total. The molecule has 0 aliphatic heterocycles. The number of sulfonamides is 1. The van der Waals surface area contributed by atoms with Crippen molar-refractivity contribution in [3.63, 3.8) is 0 Å². The van der Waals surface area contributed by atoms with Gasteiger partial charge in [0, 0.05) is 12.7 Å². The number of aryl methyl sites for hydroxylation is 1. The summed E-state index contributed by atoms with van der Waals surface area (Å²) in [5.41, 5.74) is 5.53. The van der Waals surface area contributed by atoms with E-state index in [0.29, 0.717) is 6.54 Å². The Morgan fingerprint density at radius 1 is 1.69 bits per heavy atom. The molecule has 0 aromatic carbocycles. The minimum atomic E-state index is -3.65. The monoisotopic (exact) mass is 242 g/mol. The fourth-order valence-corrected chi connectivity index (χ4v) is 2.19. The molecule has 7 heteroatoms. The maximum atomic E-state index is 11.7. The zero-order chi connectivity index (χ0) is 12.2. The first-order valence-corrected chi connectivity index (χ1v) is 6.25. The van der Waals surface area contributed by atoms with E-state index in [1.165, 1.54) is 10.9 Å². The molecular weight excluding hydrogens is 228 g/mol. The second-order valence-corrected chi connectivity index (χ2v) is 4.91. The number of anilines is 1. The van der Waals surface area contributed by atoms with E-state index in [2.05, 4.69) is 15.7 Å². The highest BCUT2D eigenvalue weighted by Crippen LogP contribution is 2.15. The summed E-state index contributed by atoms with van der Waals surface area (Å²) < 4.78 is 27.1. The third-order valence-electron chi connectivity index (χ3n) is 1.86. The van der Waals surface area contributed by atoms with Gasteiger partial charge in [0.05, 0.1) is 6.54 Å². The highest BCUT2D eigenvalue weighted by Gasteiger charge is 2.20. The molecular formula is C9H14N4O2S. The first-order chi connectivity index (χ1) is 7.51. The average molecular weight is 242 g/mol. The highest BCUT2D eigenvalue weighted by molar-refractivity contribution is 7.89. The summed E-state index contributed by atoms with van der Waals surface area (Å²) in [4.78, 5) is -0.0313. The predicted octanol–water partition coefficient (Wildman–Crippen LogP) is -0.213. The molecule has 88 valence electrons. The van der Waals surface area contributed by atoms with Gasteiger partial charge >= 0.3 is 0 Å². The van der Waals surface area contributed by atoms with Crippen LogP contribution in [0.4, 0.5) is 5.82 Å². The first-order valence-electron chi connectivity index (χ1n) is 4.77. The van der Waals surface area contributed by atoms with Gasteiger partial charge in [-0.2, -0.15) is 9.82 Å². The molecule has 0 radical (unpaired) electrons. The molecule has 0 bridgehead atoms. The van der Waals surface area contributed by atoms with E-state index in [9.17, 15) is 8.42 Å². The van der Waals surface area contributed by atoms with Crippen molar-refractivity contribution in [2.45, 2.75) is 24.8 Å². The molecule has 0 aliphatic carbocycles. The largest absolute Gasteiger partial charge is 0.381 e. The molecule has 16 heavy (non-hydrogen) atoms. The number of nitrogens with zero attached hydrogens (tertiary/aromatic N) is 2. The van der Waals surface area contributed by atoms with Gasteiger partial charge in [-0.15, -0.1) is 6.42 Å². The van der Waals surface area contributed by atoms with Gasteiger partial charge in [0.25, 0.3) is 0 Å². The number of nitrogen functional groups attached to an aromatic ring is 1. The van der Waals surface area contributed by atoms with Crippen molar-refractivity contribution >= 4 is 15.8 Å². The van der Waals surface area contributed by atoms with Crippen LogP contribution in [0, 0.1) is 12.3 Å². The molecule has 1 aromatic rings. The lowest BCUT2D eigenvalue weighted by atomic mass is 10.5. The second kappa shape index (κ2) is 5.01. The summed E-state index contributed by atoms with van der Waals surface area (Å²) >= 11 is 0. The molecule has 0 aliphatic rings. The van der Waals surface area contributed by atoms with Gasteiger partial charge < -0.3 is 5.73 Å². The van der Waals surface area contributed by atoms with Crippen LogP contribution in [0.5, 0.6) is 0 Å². The minimum absolute atomic E-state index is 0.0158. The number of hydrogen-bond acceptors (Lipinski definition) is 4. The summed E-state index contributed by atoms with van der Waals surface area (Å²) in [6.07, 6.45) is 7.22. The van der Waals surface area contributed by atoms with Crippen LogP contribution in [0.25, 0.3) is 0 Å². The fourth-order valence-electron chi connectivity index (χ4n) is 1.18. The third-order valence-corrected chi connectivity index (χ3v) is 3.28. The summed E-state index contributed by atoms with van der Waals surface area (Å²) in [7, 11) is -3.65. The van der Waals surface area contributed by atoms with E-state index >= 15 is 0 Å². The first kappa shape index (κ1) is 12.5. The number of terminal acetylenes is 1. The van der Waals surface area contributed by atoms with Crippen LogP contribution in [0.1, 0.15) is 13.3 Å². The molecule has 0 fully saturated rings. The van der Waals surface area contributed by atoms with Crippen molar-refractivity contribution in [3.05, 3.63) is 6.20 Å². The Morgan fingerprint density at radius 3 is 2.94 bits per heavy atom. The lowest BCUT2D eigenvalue weighted by Crippen LogP contribution is -2.24. The molecule has 6 nitrogen and oxygen atoms in total. The van der Waals surface area contributed by atoms with Crippen molar-refractivity contribution in [3.8, 4) is 12.3 Å². The standard InChI is InChI=1S/C9H14N4O2S/c1-3-5-11-16(14,15)8-7-13(6-4-2)12-9(8)10/h1,7,11H,4-6H2,2H3,(H2,10,12). The Balaban J connectivity index is 2.99. The Labute approximate surface area is 94.9 Å². The fraction of sp³-hybridized carbons (Fsp3) is 0.444. The number of hydrogen-bond donors (Lipinski definition) is 2. The van der Waals surface area contributed by atoms with Crippen LogP contribution < -0.4 is 10.5 Å². The molecule has 1 heterocycles. The quantitative estimate of drug-likeness (QED) is 0.699. The van der Waals surface area contributed by atoms with Gasteiger partial charge in [0.1, 0.15) is 4.90 Å². The van der Waals surface area contributed by atoms with Crippen molar-refractivity contribution in [1.82, 2.24) is 14.5 Å². The molecule has 0 amide bonds. The Hall–Kier alpha value is -1.52. The molecule has 0 spiro atoms. The molecule has 0 atom stereocenters. The van der Waals surface area contributed by atoms with Crippen LogP contribution in [0.3, 0.4) is 0 Å². The summed E-state index contributed by atoms with van der Waals surface area (Å²) in [5.74, 6) is 2.17. The number of rotatable bonds is 5. The van der Waals surface area contributed by atoms with Gasteiger partial charge in [-0.3, -0.25) is 4.68 Å². The zero-order valence-corrected chi connectivity index (χ0v) is 9.79. The van der Waals surface area contributed by atoms with Gasteiger partial charge in [-0.1, -0.05) is 12.8 Å². The molecule has 1 rings (SSSR count). The number of nitrogens with two attached hydrogens (primary N) is 1. The van der Waals surface area contributed by atoms with Crippen LogP contribution in [-0.2, 0) is 16.6 Å². The van der Waals surface area contributed by atoms with E-state index in [0.717, 1.165) is 6.42 Å². The van der Waals surface area contributed by atoms with Gasteiger partial charge in [-0.05, 0) is 6.42 Å². The lowest BCUT2D eigenvalue weighted by Gasteiger charge is -2.00. The SMILES string of the molecule is C#CCNS(=O)(=O)c1cn(CCC)nc1N. The van der Waals surface area contributed by atoms with Crippen molar-refractivity contribution < 1.29 is 8.42 Å². The third kappa shape index (κ3) is 2.74. The van der Waals surface area contributed by atoms with Crippen LogP contribution in [-0.4, -0.2) is 24.7 Å². The maximum absolute atomic E-state index is 11.7. The van der Waals surface area contributed by atoms with E-state index < -0.39 is 10.0 Å². The van der Waals surface area contributed by atoms with Crippen LogP contribution in [0.2, 0.25) is 0 Å². The second-order valence-electron chi connectivity index (χ2n) is 3.17. The van der Waals surface area contributed by atoms with E-state index in [1.807, 2.05) is 6.92 Å². The number of nitrogens with one attached hydrogen (secondary N) is 1. The van der Waals surface area contributed by atoms with Crippen molar-refractivity contribution in [2.24, 2.45) is 0 Å². The highest BCUT2D eigenvalue weighted by atomic mass is 32.2. The molecule has 1 aromatic heterocycles. The van der Waals surface area contributed by atoms with Gasteiger partial charge in [0.2, 0.25) is 10.0 Å². The lowest BCUT2D eigenvalue weighted by molar-refractivity contribution is 0.583. The van der Waals surface area contributed by atoms with E-state index in [1.54, 1.807) is 0 Å². The predicted molar refractivity (Wildman–Crippen MR) is 61.0 cm³/mol. The van der Waals surface area contributed by atoms with Gasteiger partial charge in [-0.25, -0.2) is 8.42 Å². The molecule has 0 saturated carbocycles. The van der Waals surface area contributed by atoms with Crippen LogP contribution in [0.15, 0.2) is 11.1 Å². The smallest absolute Gasteiger partial charge is 0.246 e. The normalized spacial score (nSPS) is 11.2. The molecule has 0 unspecified atom stereocenters. The average Bonchev–Trinajstić information content (AvgIpc) is 2.58. The maximum Gasteiger partial charge on any atom is 0.246 e. The van der Waals surface area contributed by atoms with Crippen molar-refractivity contribution in [1.29, 1.82) is 0 Å². The van der Waals surface area contributed by atoms with Crippen LogP contribution >= 0.6 is 0 Å². The Kier molecular flexibility index (Phi) is 3.93. The van der Waals surface area contributed by atoms with E-state index in [-0.39, 0.29) is 17.3 Å². The minimum Gasteiger partial charge on any atom is -0.381 e. The summed E-state index contributed by atoms with van der Waals surface area (Å²) in [6, 6.07) is 0. The Morgan fingerprint density at radius 2 is 2.38 bits per heavy atom. The van der Waals surface area contributed by atoms with Gasteiger partial charge in [0.15, 0.2) is 5.82 Å². The number of aromatic nitrogens is 2. The Bertz CT molecular complexity index is 498. The van der Waals surface area contributed by atoms with Crippen molar-refractivity contribution in [2.75, 3.05) is 12.3 Å². The topological polar surface area (TPSA) is 90.0 Å². The zero-order valence-electron chi connectivity index (χ0n) is 8.97.